The predicted octanol–water partition coefficient (Wildman–Crippen LogP) is 2.00. The predicted molar refractivity (Wildman–Crippen MR) is 81.9 cm³/mol. The molecule has 0 heterocycles. The normalized spacial score (nSPS) is 11.9. The van der Waals surface area contributed by atoms with Gasteiger partial charge in [0.05, 0.1) is 6.10 Å². The van der Waals surface area contributed by atoms with E-state index in [4.69, 9.17) is 4.74 Å². The van der Waals surface area contributed by atoms with Gasteiger partial charge in [-0.3, -0.25) is 9.59 Å². The van der Waals surface area contributed by atoms with Gasteiger partial charge < -0.3 is 15.4 Å². The van der Waals surface area contributed by atoms with Crippen molar-refractivity contribution in [2.75, 3.05) is 0 Å². The average Bonchev–Trinajstić information content (AvgIpc) is 2.45. The van der Waals surface area contributed by atoms with Crippen LogP contribution >= 0.6 is 0 Å². The molecule has 0 saturated heterocycles. The molecule has 1 atom stereocenters. The lowest BCUT2D eigenvalue weighted by Crippen LogP contribution is -2.43. The molecule has 21 heavy (non-hydrogen) atoms. The fourth-order valence-corrected chi connectivity index (χ4v) is 1.67. The number of hydrogen-bond acceptors (Lipinski definition) is 3. The molecule has 0 aliphatic rings. The minimum absolute atomic E-state index is 0.0141. The molecule has 1 aromatic rings. The van der Waals surface area contributed by atoms with E-state index in [0.717, 1.165) is 17.7 Å². The van der Waals surface area contributed by atoms with Crippen LogP contribution in [0.15, 0.2) is 24.3 Å². The number of carbonyl (C=O) groups excluding carboxylic acids is 2. The van der Waals surface area contributed by atoms with Crippen molar-refractivity contribution in [3.63, 3.8) is 0 Å². The van der Waals surface area contributed by atoms with Gasteiger partial charge in [0, 0.05) is 18.2 Å². The van der Waals surface area contributed by atoms with E-state index in [1.807, 2.05) is 52.0 Å². The standard InChI is InChI=1S/C16H24N2O3/c1-5-12(4)18-16(20)15(19)17-10-13-8-6-7-9-14(13)21-11(2)3/h6-9,11-12H,5,10H2,1-4H3,(H,17,19)(H,18,20)/t12-/m0/s1. The zero-order chi connectivity index (χ0) is 15.8. The minimum atomic E-state index is -0.630. The summed E-state index contributed by atoms with van der Waals surface area (Å²) >= 11 is 0. The Hall–Kier alpha value is -2.04. The van der Waals surface area contributed by atoms with Crippen molar-refractivity contribution in [1.82, 2.24) is 10.6 Å². The molecule has 0 radical (unpaired) electrons. The number of nitrogens with one attached hydrogen (secondary N) is 2. The molecule has 0 aliphatic carbocycles. The van der Waals surface area contributed by atoms with E-state index in [2.05, 4.69) is 10.6 Å². The summed E-state index contributed by atoms with van der Waals surface area (Å²) in [7, 11) is 0. The smallest absolute Gasteiger partial charge is 0.309 e. The van der Waals surface area contributed by atoms with Gasteiger partial charge in [0.15, 0.2) is 0 Å². The summed E-state index contributed by atoms with van der Waals surface area (Å²) in [5.74, 6) is -0.517. The highest BCUT2D eigenvalue weighted by molar-refractivity contribution is 6.35. The Bertz CT molecular complexity index is 486. The zero-order valence-electron chi connectivity index (χ0n) is 13.1. The molecule has 0 aromatic heterocycles. The van der Waals surface area contributed by atoms with Crippen LogP contribution in [-0.4, -0.2) is 24.0 Å². The van der Waals surface area contributed by atoms with Gasteiger partial charge in [-0.1, -0.05) is 25.1 Å². The summed E-state index contributed by atoms with van der Waals surface area (Å²) in [4.78, 5) is 23.4. The Kier molecular flexibility index (Phi) is 6.72. The van der Waals surface area contributed by atoms with E-state index >= 15 is 0 Å². The summed E-state index contributed by atoms with van der Waals surface area (Å²) in [6.45, 7) is 7.94. The van der Waals surface area contributed by atoms with Crippen molar-refractivity contribution in [3.8, 4) is 5.75 Å². The van der Waals surface area contributed by atoms with Crippen molar-refractivity contribution >= 4 is 11.8 Å². The van der Waals surface area contributed by atoms with Crippen LogP contribution in [0.4, 0.5) is 0 Å². The zero-order valence-corrected chi connectivity index (χ0v) is 13.1. The fourth-order valence-electron chi connectivity index (χ4n) is 1.67. The molecule has 0 fully saturated rings. The van der Waals surface area contributed by atoms with Crippen LogP contribution in [0.2, 0.25) is 0 Å². The monoisotopic (exact) mass is 292 g/mol. The van der Waals surface area contributed by atoms with Gasteiger partial charge in [-0.2, -0.15) is 0 Å². The van der Waals surface area contributed by atoms with Gasteiger partial charge in [0.2, 0.25) is 0 Å². The first-order chi connectivity index (χ1) is 9.93. The number of carbonyl (C=O) groups is 2. The molecular weight excluding hydrogens is 268 g/mol. The second-order valence-corrected chi connectivity index (χ2v) is 5.24. The van der Waals surface area contributed by atoms with E-state index in [0.29, 0.717) is 0 Å². The summed E-state index contributed by atoms with van der Waals surface area (Å²) in [6, 6.07) is 7.44. The summed E-state index contributed by atoms with van der Waals surface area (Å²) in [6.07, 6.45) is 0.833. The van der Waals surface area contributed by atoms with Gasteiger partial charge in [-0.25, -0.2) is 0 Å². The summed E-state index contributed by atoms with van der Waals surface area (Å²) in [5.41, 5.74) is 0.843. The topological polar surface area (TPSA) is 67.4 Å². The van der Waals surface area contributed by atoms with Crippen molar-refractivity contribution in [1.29, 1.82) is 0 Å². The second-order valence-electron chi connectivity index (χ2n) is 5.24. The largest absolute Gasteiger partial charge is 0.491 e. The quantitative estimate of drug-likeness (QED) is 0.788. The van der Waals surface area contributed by atoms with Crippen LogP contribution in [-0.2, 0) is 16.1 Å². The van der Waals surface area contributed by atoms with Crippen molar-refractivity contribution in [3.05, 3.63) is 29.8 Å². The number of benzene rings is 1. The molecule has 0 spiro atoms. The molecule has 1 aromatic carbocycles. The number of rotatable bonds is 6. The molecule has 1 rings (SSSR count). The van der Waals surface area contributed by atoms with E-state index < -0.39 is 11.8 Å². The highest BCUT2D eigenvalue weighted by Crippen LogP contribution is 2.18. The Morgan fingerprint density at radius 2 is 1.81 bits per heavy atom. The number of ether oxygens (including phenoxy) is 1. The minimum Gasteiger partial charge on any atom is -0.491 e. The van der Waals surface area contributed by atoms with Gasteiger partial charge in [0.1, 0.15) is 5.75 Å². The van der Waals surface area contributed by atoms with Crippen LogP contribution < -0.4 is 15.4 Å². The Labute approximate surface area is 126 Å². The lowest BCUT2D eigenvalue weighted by atomic mass is 10.2. The Balaban J connectivity index is 2.59. The number of para-hydroxylation sites is 1. The SMILES string of the molecule is CC[C@H](C)NC(=O)C(=O)NCc1ccccc1OC(C)C. The molecule has 2 N–H and O–H groups in total. The van der Waals surface area contributed by atoms with E-state index in [1.54, 1.807) is 0 Å². The highest BCUT2D eigenvalue weighted by atomic mass is 16.5. The number of amides is 2. The lowest BCUT2D eigenvalue weighted by molar-refractivity contribution is -0.139. The first-order valence-corrected chi connectivity index (χ1v) is 7.27. The molecule has 5 nitrogen and oxygen atoms in total. The third-order valence-corrected chi connectivity index (χ3v) is 2.97. The summed E-state index contributed by atoms with van der Waals surface area (Å²) in [5, 5.41) is 5.24. The Morgan fingerprint density at radius 3 is 2.43 bits per heavy atom. The molecule has 116 valence electrons. The number of hydrogen-bond donors (Lipinski definition) is 2. The van der Waals surface area contributed by atoms with Crippen molar-refractivity contribution in [2.45, 2.75) is 52.8 Å². The van der Waals surface area contributed by atoms with Crippen LogP contribution in [0.1, 0.15) is 39.7 Å². The maximum Gasteiger partial charge on any atom is 0.309 e. The van der Waals surface area contributed by atoms with E-state index in [-0.39, 0.29) is 18.7 Å². The van der Waals surface area contributed by atoms with E-state index in [1.165, 1.54) is 0 Å². The van der Waals surface area contributed by atoms with Gasteiger partial charge >= 0.3 is 11.8 Å². The van der Waals surface area contributed by atoms with Gasteiger partial charge in [0.25, 0.3) is 0 Å². The van der Waals surface area contributed by atoms with Gasteiger partial charge in [-0.15, -0.1) is 0 Å². The molecule has 0 unspecified atom stereocenters. The first-order valence-electron chi connectivity index (χ1n) is 7.27. The third-order valence-electron chi connectivity index (χ3n) is 2.97. The molecule has 2 amide bonds. The second kappa shape index (κ2) is 8.29. The molecule has 5 heteroatoms. The van der Waals surface area contributed by atoms with Crippen LogP contribution in [0.5, 0.6) is 5.75 Å². The molecular formula is C16H24N2O3. The van der Waals surface area contributed by atoms with Crippen molar-refractivity contribution < 1.29 is 14.3 Å². The van der Waals surface area contributed by atoms with Gasteiger partial charge in [-0.05, 0) is 33.3 Å². The maximum absolute atomic E-state index is 11.7. The molecule has 0 aliphatic heterocycles. The Morgan fingerprint density at radius 1 is 1.14 bits per heavy atom. The summed E-state index contributed by atoms with van der Waals surface area (Å²) < 4.78 is 5.67. The lowest BCUT2D eigenvalue weighted by Gasteiger charge is -2.15. The first kappa shape index (κ1) is 17.0. The van der Waals surface area contributed by atoms with Crippen LogP contribution in [0.25, 0.3) is 0 Å². The fraction of sp³-hybridized carbons (Fsp3) is 0.500. The van der Waals surface area contributed by atoms with Crippen molar-refractivity contribution in [2.24, 2.45) is 0 Å². The van der Waals surface area contributed by atoms with Crippen LogP contribution in [0, 0.1) is 0 Å². The molecule has 0 bridgehead atoms. The van der Waals surface area contributed by atoms with E-state index in [9.17, 15) is 9.59 Å². The average molecular weight is 292 g/mol. The maximum atomic E-state index is 11.7. The third kappa shape index (κ3) is 5.85. The molecule has 0 saturated carbocycles. The highest BCUT2D eigenvalue weighted by Gasteiger charge is 2.15. The van der Waals surface area contributed by atoms with Crippen LogP contribution in [0.3, 0.4) is 0 Å².